The lowest BCUT2D eigenvalue weighted by molar-refractivity contribution is -0.0447. The number of ether oxygens (including phenoxy) is 2. The smallest absolute Gasteiger partial charge is 0.319 e. The molecule has 140 valence electrons. The number of hydrogen-bond acceptors (Lipinski definition) is 4. The molecule has 6 heteroatoms. The average molecular weight is 375 g/mol. The highest BCUT2D eigenvalue weighted by Gasteiger charge is 2.13. The Morgan fingerprint density at radius 3 is 3.00 bits per heavy atom. The lowest BCUT2D eigenvalue weighted by Gasteiger charge is -2.22. The van der Waals surface area contributed by atoms with E-state index < -0.39 is 0 Å². The van der Waals surface area contributed by atoms with Crippen molar-refractivity contribution in [3.8, 4) is 0 Å². The highest BCUT2D eigenvalue weighted by molar-refractivity contribution is 7.11. The average Bonchev–Trinajstić information content (AvgIpc) is 3.07. The summed E-state index contributed by atoms with van der Waals surface area (Å²) in [6.07, 6.45) is 3.66. The summed E-state index contributed by atoms with van der Waals surface area (Å²) in [5, 5.41) is 5.75. The molecule has 2 aromatic rings. The molecule has 1 aromatic carbocycles. The van der Waals surface area contributed by atoms with Crippen molar-refractivity contribution in [2.45, 2.75) is 45.4 Å². The van der Waals surface area contributed by atoms with Gasteiger partial charge in [0.1, 0.15) is 0 Å². The van der Waals surface area contributed by atoms with E-state index in [1.165, 1.54) is 11.3 Å². The molecule has 0 spiro atoms. The van der Waals surface area contributed by atoms with Crippen LogP contribution in [0.3, 0.4) is 0 Å². The van der Waals surface area contributed by atoms with Crippen molar-refractivity contribution in [2.75, 3.05) is 18.5 Å². The third-order valence-corrected chi connectivity index (χ3v) is 5.25. The molecule has 3 rings (SSSR count). The Bertz CT molecular complexity index is 711. The first-order valence-electron chi connectivity index (χ1n) is 9.07. The van der Waals surface area contributed by atoms with Crippen LogP contribution < -0.4 is 10.6 Å². The third-order valence-electron chi connectivity index (χ3n) is 4.25. The summed E-state index contributed by atoms with van der Waals surface area (Å²) in [6, 6.07) is 11.6. The van der Waals surface area contributed by atoms with Gasteiger partial charge < -0.3 is 20.1 Å². The van der Waals surface area contributed by atoms with Gasteiger partial charge in [-0.1, -0.05) is 12.1 Å². The van der Waals surface area contributed by atoms with Crippen LogP contribution in [0.2, 0.25) is 0 Å². The van der Waals surface area contributed by atoms with Gasteiger partial charge in [-0.15, -0.1) is 11.3 Å². The summed E-state index contributed by atoms with van der Waals surface area (Å²) in [5.41, 5.74) is 1.80. The lowest BCUT2D eigenvalue weighted by Crippen LogP contribution is -2.27. The molecule has 0 aliphatic carbocycles. The maximum atomic E-state index is 12.1. The minimum absolute atomic E-state index is 0.204. The molecule has 1 aromatic heterocycles. The van der Waals surface area contributed by atoms with Crippen molar-refractivity contribution in [1.29, 1.82) is 0 Å². The van der Waals surface area contributed by atoms with Gasteiger partial charge in [0.15, 0.2) is 0 Å². The molecule has 2 amide bonds. The van der Waals surface area contributed by atoms with Gasteiger partial charge in [-0.3, -0.25) is 0 Å². The molecule has 2 N–H and O–H groups in total. The fourth-order valence-electron chi connectivity index (χ4n) is 2.91. The van der Waals surface area contributed by atoms with Crippen LogP contribution in [0.4, 0.5) is 10.5 Å². The van der Waals surface area contributed by atoms with E-state index in [1.54, 1.807) is 11.3 Å². The number of benzene rings is 1. The maximum Gasteiger partial charge on any atom is 0.319 e. The molecule has 1 atom stereocenters. The second-order valence-corrected chi connectivity index (χ2v) is 7.90. The fraction of sp³-hybridized carbons (Fsp3) is 0.450. The number of hydrogen-bond donors (Lipinski definition) is 2. The van der Waals surface area contributed by atoms with Crippen LogP contribution in [-0.4, -0.2) is 25.3 Å². The molecule has 1 aliphatic rings. The number of aryl methyl sites for hydroxylation is 1. The van der Waals surface area contributed by atoms with Gasteiger partial charge in [-0.25, -0.2) is 4.79 Å². The van der Waals surface area contributed by atoms with E-state index in [-0.39, 0.29) is 12.1 Å². The first kappa shape index (κ1) is 18.9. The summed E-state index contributed by atoms with van der Waals surface area (Å²) in [4.78, 5) is 14.4. The molecule has 1 unspecified atom stereocenters. The van der Waals surface area contributed by atoms with Gasteiger partial charge in [0.05, 0.1) is 25.9 Å². The number of thiophene rings is 1. The van der Waals surface area contributed by atoms with Gasteiger partial charge >= 0.3 is 6.03 Å². The van der Waals surface area contributed by atoms with Crippen LogP contribution in [-0.2, 0) is 22.6 Å². The Morgan fingerprint density at radius 1 is 1.31 bits per heavy atom. The summed E-state index contributed by atoms with van der Waals surface area (Å²) in [7, 11) is 0. The standard InChI is InChI=1S/C20H26N2O3S/c1-15-8-9-19(26-15)12-21-20(23)22-17-6-4-5-16(11-17)13-24-14-18-7-2-3-10-25-18/h4-6,8-9,11,18H,2-3,7,10,12-14H2,1H3,(H2,21,22,23). The SMILES string of the molecule is Cc1ccc(CNC(=O)Nc2cccc(COCC3CCCCO3)c2)s1. The monoisotopic (exact) mass is 374 g/mol. The molecule has 1 aliphatic heterocycles. The van der Waals surface area contributed by atoms with Crippen LogP contribution >= 0.6 is 11.3 Å². The molecule has 2 heterocycles. The van der Waals surface area contributed by atoms with Crippen LogP contribution in [0.1, 0.15) is 34.6 Å². The van der Waals surface area contributed by atoms with Crippen LogP contribution in [0.15, 0.2) is 36.4 Å². The first-order chi connectivity index (χ1) is 12.7. The number of amides is 2. The maximum absolute atomic E-state index is 12.1. The normalized spacial score (nSPS) is 17.0. The number of urea groups is 1. The Balaban J connectivity index is 1.41. The molecule has 0 bridgehead atoms. The number of nitrogens with one attached hydrogen (secondary N) is 2. The van der Waals surface area contributed by atoms with Crippen molar-refractivity contribution in [3.05, 3.63) is 51.7 Å². The van der Waals surface area contributed by atoms with E-state index in [4.69, 9.17) is 9.47 Å². The first-order valence-corrected chi connectivity index (χ1v) is 9.89. The highest BCUT2D eigenvalue weighted by Crippen LogP contribution is 2.16. The van der Waals surface area contributed by atoms with Crippen molar-refractivity contribution in [2.24, 2.45) is 0 Å². The van der Waals surface area contributed by atoms with Crippen molar-refractivity contribution in [3.63, 3.8) is 0 Å². The molecule has 0 saturated carbocycles. The molecule has 26 heavy (non-hydrogen) atoms. The predicted octanol–water partition coefficient (Wildman–Crippen LogP) is 4.46. The summed E-state index contributed by atoms with van der Waals surface area (Å²) >= 11 is 1.69. The lowest BCUT2D eigenvalue weighted by atomic mass is 10.1. The van der Waals surface area contributed by atoms with E-state index in [0.29, 0.717) is 19.8 Å². The van der Waals surface area contributed by atoms with Crippen molar-refractivity contribution >= 4 is 23.1 Å². The van der Waals surface area contributed by atoms with E-state index in [9.17, 15) is 4.79 Å². The van der Waals surface area contributed by atoms with E-state index in [1.807, 2.05) is 30.3 Å². The Morgan fingerprint density at radius 2 is 2.23 bits per heavy atom. The zero-order valence-corrected chi connectivity index (χ0v) is 15.9. The van der Waals surface area contributed by atoms with Gasteiger partial charge in [-0.05, 0) is 56.0 Å². The van der Waals surface area contributed by atoms with Gasteiger partial charge in [0, 0.05) is 22.0 Å². The minimum atomic E-state index is -0.204. The summed E-state index contributed by atoms with van der Waals surface area (Å²) in [6.45, 7) is 4.58. The quantitative estimate of drug-likeness (QED) is 0.752. The number of anilines is 1. The Kier molecular flexibility index (Phi) is 7.05. The van der Waals surface area contributed by atoms with Gasteiger partial charge in [0.2, 0.25) is 0 Å². The fourth-order valence-corrected chi connectivity index (χ4v) is 3.74. The minimum Gasteiger partial charge on any atom is -0.376 e. The van der Waals surface area contributed by atoms with Gasteiger partial charge in [0.25, 0.3) is 0 Å². The second-order valence-electron chi connectivity index (χ2n) is 6.52. The van der Waals surface area contributed by atoms with Crippen LogP contribution in [0, 0.1) is 6.92 Å². The van der Waals surface area contributed by atoms with Crippen molar-refractivity contribution in [1.82, 2.24) is 5.32 Å². The highest BCUT2D eigenvalue weighted by atomic mass is 32.1. The molecular weight excluding hydrogens is 348 g/mol. The van der Waals surface area contributed by atoms with Crippen LogP contribution in [0.25, 0.3) is 0 Å². The number of carbonyl (C=O) groups is 1. The Hall–Kier alpha value is -1.89. The zero-order valence-electron chi connectivity index (χ0n) is 15.1. The summed E-state index contributed by atoms with van der Waals surface area (Å²) < 4.78 is 11.4. The molecule has 5 nitrogen and oxygen atoms in total. The molecule has 0 radical (unpaired) electrons. The number of rotatable bonds is 7. The van der Waals surface area contributed by atoms with Crippen LogP contribution in [0.5, 0.6) is 0 Å². The predicted molar refractivity (Wildman–Crippen MR) is 105 cm³/mol. The Labute approximate surface area is 158 Å². The molecular formula is C20H26N2O3S. The second kappa shape index (κ2) is 9.71. The molecule has 1 saturated heterocycles. The van der Waals surface area contributed by atoms with Gasteiger partial charge in [-0.2, -0.15) is 0 Å². The van der Waals surface area contributed by atoms with Crippen molar-refractivity contribution < 1.29 is 14.3 Å². The van der Waals surface area contributed by atoms with E-state index in [2.05, 4.69) is 23.6 Å². The number of carbonyl (C=O) groups excluding carboxylic acids is 1. The largest absolute Gasteiger partial charge is 0.376 e. The zero-order chi connectivity index (χ0) is 18.2. The van der Waals surface area contributed by atoms with E-state index >= 15 is 0 Å². The topological polar surface area (TPSA) is 59.6 Å². The third kappa shape index (κ3) is 6.12. The van der Waals surface area contributed by atoms with E-state index in [0.717, 1.165) is 35.6 Å². The summed E-state index contributed by atoms with van der Waals surface area (Å²) in [5.74, 6) is 0. The molecule has 1 fully saturated rings.